The molecule has 232 valence electrons. The third-order valence-corrected chi connectivity index (χ3v) is 7.59. The van der Waals surface area contributed by atoms with Gasteiger partial charge in [0.2, 0.25) is 0 Å². The van der Waals surface area contributed by atoms with Crippen LogP contribution in [0.15, 0.2) is 73.3 Å². The summed E-state index contributed by atoms with van der Waals surface area (Å²) in [4.78, 5) is 16.8. The number of ether oxygens (including phenoxy) is 4. The van der Waals surface area contributed by atoms with Crippen molar-refractivity contribution in [2.24, 2.45) is 0 Å². The van der Waals surface area contributed by atoms with Gasteiger partial charge in [-0.3, -0.25) is 0 Å². The van der Waals surface area contributed by atoms with Crippen molar-refractivity contribution in [3.8, 4) is 23.0 Å². The maximum absolute atomic E-state index is 14.1. The zero-order valence-electron chi connectivity index (χ0n) is 23.7. The summed E-state index contributed by atoms with van der Waals surface area (Å²) < 4.78 is 50.4. The number of aromatic nitrogens is 4. The van der Waals surface area contributed by atoms with E-state index in [-0.39, 0.29) is 21.4 Å². The van der Waals surface area contributed by atoms with Crippen molar-refractivity contribution in [3.05, 3.63) is 95.0 Å². The van der Waals surface area contributed by atoms with Crippen molar-refractivity contribution >= 4 is 68.0 Å². The highest BCUT2D eigenvalue weighted by molar-refractivity contribution is 6.31. The van der Waals surface area contributed by atoms with Gasteiger partial charge in [-0.25, -0.2) is 28.7 Å². The normalized spacial score (nSPS) is 13.1. The van der Waals surface area contributed by atoms with Crippen LogP contribution < -0.4 is 29.6 Å². The van der Waals surface area contributed by atoms with Crippen molar-refractivity contribution in [1.82, 2.24) is 19.9 Å². The molecule has 4 heterocycles. The van der Waals surface area contributed by atoms with Gasteiger partial charge < -0.3 is 29.6 Å². The molecule has 2 aromatic heterocycles. The van der Waals surface area contributed by atoms with Crippen molar-refractivity contribution in [1.29, 1.82) is 0 Å². The molecule has 2 N–H and O–H groups in total. The molecule has 0 aliphatic carbocycles. The van der Waals surface area contributed by atoms with Gasteiger partial charge in [0.25, 0.3) is 0 Å². The fourth-order valence-electron chi connectivity index (χ4n) is 4.84. The lowest BCUT2D eigenvalue weighted by atomic mass is 10.2. The van der Waals surface area contributed by atoms with E-state index in [1.54, 1.807) is 48.5 Å². The SMILES string of the molecule is Fc1c(Cl)cccc1Nc1ncnc2cc3c(cc12)OCCO3.Fc1c(Cl)cccc1Nc1ncnc2cc3c(cc12)OCCO3. The number of nitrogens with one attached hydrogen (secondary N) is 2. The van der Waals surface area contributed by atoms with Gasteiger partial charge in [0.15, 0.2) is 34.6 Å². The quantitative estimate of drug-likeness (QED) is 0.193. The summed E-state index contributed by atoms with van der Waals surface area (Å²) in [5.41, 5.74) is 1.84. The van der Waals surface area contributed by atoms with Crippen LogP contribution in [0, 0.1) is 11.6 Å². The second kappa shape index (κ2) is 12.7. The highest BCUT2D eigenvalue weighted by Gasteiger charge is 2.18. The topological polar surface area (TPSA) is 113 Å². The fraction of sp³-hybridized carbons (Fsp3) is 0.125. The van der Waals surface area contributed by atoms with Gasteiger partial charge in [-0.15, -0.1) is 0 Å². The molecule has 0 spiro atoms. The number of anilines is 4. The van der Waals surface area contributed by atoms with E-state index in [1.165, 1.54) is 24.8 Å². The molecule has 4 aromatic carbocycles. The fourth-order valence-corrected chi connectivity index (χ4v) is 5.19. The molecule has 14 heteroatoms. The Morgan fingerprint density at radius 1 is 0.543 bits per heavy atom. The standard InChI is InChI=1S/2C16H11ClFN3O2/c2*17-10-2-1-3-11(15(10)18)21-16-9-6-13-14(23-5-4-22-13)7-12(9)19-8-20-16/h2*1-3,6-8H,4-5H2,(H,19,20,21). The Morgan fingerprint density at radius 3 is 1.35 bits per heavy atom. The highest BCUT2D eigenvalue weighted by Crippen LogP contribution is 2.38. The first-order valence-corrected chi connectivity index (χ1v) is 14.7. The molecule has 0 saturated heterocycles. The van der Waals surface area contributed by atoms with E-state index in [4.69, 9.17) is 42.1 Å². The van der Waals surface area contributed by atoms with Gasteiger partial charge in [-0.2, -0.15) is 0 Å². The molecule has 0 amide bonds. The first-order valence-electron chi connectivity index (χ1n) is 14.0. The van der Waals surface area contributed by atoms with Crippen molar-refractivity contribution < 1.29 is 27.7 Å². The number of benzene rings is 4. The molecule has 0 bridgehead atoms. The minimum atomic E-state index is -0.529. The summed E-state index contributed by atoms with van der Waals surface area (Å²) in [6.45, 7) is 1.97. The number of rotatable bonds is 4. The van der Waals surface area contributed by atoms with Crippen LogP contribution >= 0.6 is 23.2 Å². The van der Waals surface area contributed by atoms with Crippen LogP contribution in [0.1, 0.15) is 0 Å². The summed E-state index contributed by atoms with van der Waals surface area (Å²) in [7, 11) is 0. The average molecular weight is 663 g/mol. The molecule has 8 rings (SSSR count). The van der Waals surface area contributed by atoms with Crippen LogP contribution in [0.3, 0.4) is 0 Å². The zero-order chi connectivity index (χ0) is 31.6. The second-order valence-corrected chi connectivity index (χ2v) is 10.7. The first kappa shape index (κ1) is 29.5. The maximum Gasteiger partial charge on any atom is 0.165 e. The predicted octanol–water partition coefficient (Wildman–Crippen LogP) is 7.87. The molecule has 0 unspecified atom stereocenters. The minimum absolute atomic E-state index is 0.0440. The molecular formula is C32H22Cl2F2N6O4. The first-order chi connectivity index (χ1) is 22.4. The number of nitrogens with zero attached hydrogens (tertiary/aromatic N) is 4. The van der Waals surface area contributed by atoms with Gasteiger partial charge in [0, 0.05) is 22.9 Å². The molecular weight excluding hydrogens is 641 g/mol. The largest absolute Gasteiger partial charge is 0.486 e. The van der Waals surface area contributed by atoms with Gasteiger partial charge in [-0.1, -0.05) is 35.3 Å². The van der Waals surface area contributed by atoms with Gasteiger partial charge in [0.05, 0.1) is 32.5 Å². The number of hydrogen-bond donors (Lipinski definition) is 2. The van der Waals surface area contributed by atoms with E-state index in [2.05, 4.69) is 30.6 Å². The van der Waals surface area contributed by atoms with Crippen molar-refractivity contribution in [3.63, 3.8) is 0 Å². The van der Waals surface area contributed by atoms with Crippen LogP contribution in [0.25, 0.3) is 21.8 Å². The summed E-state index contributed by atoms with van der Waals surface area (Å²) in [6, 6.07) is 16.6. The maximum atomic E-state index is 14.1. The number of hydrogen-bond acceptors (Lipinski definition) is 10. The monoisotopic (exact) mass is 662 g/mol. The number of halogens is 4. The number of fused-ring (bicyclic) bond motifs is 4. The Hall–Kier alpha value is -5.20. The molecule has 2 aliphatic heterocycles. The lowest BCUT2D eigenvalue weighted by Crippen LogP contribution is -2.15. The summed E-state index contributed by atoms with van der Waals surface area (Å²) >= 11 is 11.6. The van der Waals surface area contributed by atoms with Crippen LogP contribution in [0.2, 0.25) is 10.0 Å². The Labute approximate surface area is 270 Å². The second-order valence-electron chi connectivity index (χ2n) is 9.92. The highest BCUT2D eigenvalue weighted by atomic mass is 35.5. The van der Waals surface area contributed by atoms with E-state index in [1.807, 2.05) is 0 Å². The van der Waals surface area contributed by atoms with E-state index < -0.39 is 11.6 Å². The van der Waals surface area contributed by atoms with Gasteiger partial charge in [-0.05, 0) is 36.4 Å². The van der Waals surface area contributed by atoms with Crippen LogP contribution in [-0.4, -0.2) is 46.4 Å². The average Bonchev–Trinajstić information content (AvgIpc) is 3.08. The summed E-state index contributed by atoms with van der Waals surface area (Å²) in [5, 5.41) is 7.41. The van der Waals surface area contributed by atoms with Gasteiger partial charge in [0.1, 0.15) is 50.7 Å². The molecule has 0 radical (unpaired) electrons. The van der Waals surface area contributed by atoms with Crippen molar-refractivity contribution in [2.45, 2.75) is 0 Å². The predicted molar refractivity (Wildman–Crippen MR) is 170 cm³/mol. The Morgan fingerprint density at radius 2 is 0.935 bits per heavy atom. The molecule has 0 saturated carbocycles. The Bertz CT molecular complexity index is 1960. The van der Waals surface area contributed by atoms with E-state index >= 15 is 0 Å². The smallest absolute Gasteiger partial charge is 0.165 e. The lowest BCUT2D eigenvalue weighted by molar-refractivity contribution is 0.172. The van der Waals surface area contributed by atoms with Crippen LogP contribution in [0.5, 0.6) is 23.0 Å². The zero-order valence-corrected chi connectivity index (χ0v) is 25.2. The van der Waals surface area contributed by atoms with Crippen LogP contribution in [0.4, 0.5) is 31.8 Å². The third kappa shape index (κ3) is 5.92. The summed E-state index contributed by atoms with van der Waals surface area (Å²) in [6.07, 6.45) is 2.81. The van der Waals surface area contributed by atoms with E-state index in [0.29, 0.717) is 82.9 Å². The van der Waals surface area contributed by atoms with E-state index in [9.17, 15) is 8.78 Å². The Balaban J connectivity index is 0.000000147. The molecule has 10 nitrogen and oxygen atoms in total. The summed E-state index contributed by atoms with van der Waals surface area (Å²) in [5.74, 6) is 2.39. The molecule has 6 aromatic rings. The van der Waals surface area contributed by atoms with Crippen LogP contribution in [-0.2, 0) is 0 Å². The van der Waals surface area contributed by atoms with E-state index in [0.717, 1.165) is 0 Å². The van der Waals surface area contributed by atoms with Crippen molar-refractivity contribution in [2.75, 3.05) is 37.1 Å². The molecule has 46 heavy (non-hydrogen) atoms. The molecule has 0 fully saturated rings. The molecule has 2 aliphatic rings. The minimum Gasteiger partial charge on any atom is -0.486 e. The van der Waals surface area contributed by atoms with Gasteiger partial charge >= 0.3 is 0 Å². The Kier molecular flexibility index (Phi) is 8.12. The lowest BCUT2D eigenvalue weighted by Gasteiger charge is -2.19. The third-order valence-electron chi connectivity index (χ3n) is 7.01. The molecule has 0 atom stereocenters.